The molecule has 0 aliphatic carbocycles. The van der Waals surface area contributed by atoms with E-state index in [-0.39, 0.29) is 11.7 Å². The minimum Gasteiger partial charge on any atom is -0.342 e. The van der Waals surface area contributed by atoms with E-state index in [1.807, 2.05) is 24.3 Å². The Morgan fingerprint density at radius 1 is 1.45 bits per heavy atom. The summed E-state index contributed by atoms with van der Waals surface area (Å²) in [6.45, 7) is 6.55. The quantitative estimate of drug-likeness (QED) is 0.881. The van der Waals surface area contributed by atoms with Crippen LogP contribution in [0.15, 0.2) is 36.4 Å². The van der Waals surface area contributed by atoms with Crippen LogP contribution in [-0.4, -0.2) is 41.5 Å². The summed E-state index contributed by atoms with van der Waals surface area (Å²) in [6, 6.07) is 7.88. The molecule has 2 aromatic rings. The van der Waals surface area contributed by atoms with Crippen LogP contribution in [0.3, 0.4) is 0 Å². The summed E-state index contributed by atoms with van der Waals surface area (Å²) in [6.07, 6.45) is 1.82. The van der Waals surface area contributed by atoms with E-state index in [2.05, 4.69) is 16.5 Å². The lowest BCUT2D eigenvalue weighted by molar-refractivity contribution is 0.311. The normalized spacial score (nSPS) is 20.3. The van der Waals surface area contributed by atoms with E-state index >= 15 is 0 Å². The zero-order chi connectivity index (χ0) is 15.7. The van der Waals surface area contributed by atoms with Gasteiger partial charge < -0.3 is 4.98 Å². The van der Waals surface area contributed by atoms with Crippen molar-refractivity contribution in [3.63, 3.8) is 0 Å². The summed E-state index contributed by atoms with van der Waals surface area (Å²) in [5, 5.41) is 0. The first-order valence-corrected chi connectivity index (χ1v) is 9.13. The van der Waals surface area contributed by atoms with Gasteiger partial charge in [0, 0.05) is 19.0 Å². The van der Waals surface area contributed by atoms with E-state index in [1.165, 1.54) is 0 Å². The fraction of sp³-hybridized carbons (Fsp3) is 0.438. The van der Waals surface area contributed by atoms with Crippen LogP contribution in [0.4, 0.5) is 0 Å². The zero-order valence-corrected chi connectivity index (χ0v) is 13.6. The van der Waals surface area contributed by atoms with E-state index < -0.39 is 10.0 Å². The van der Waals surface area contributed by atoms with Gasteiger partial charge in [0.05, 0.1) is 16.8 Å². The number of piperidine rings is 1. The standard InChI is InChI=1S/C16H21N3O2S/c1-12(2)11-22(20,21)19-9-5-6-13(10-19)16-17-14-7-3-4-8-15(14)18-16/h3-4,7-8,13H,1,5-6,9-11H2,2H3,(H,17,18). The number of benzene rings is 1. The molecule has 118 valence electrons. The average molecular weight is 319 g/mol. The highest BCUT2D eigenvalue weighted by molar-refractivity contribution is 7.89. The van der Waals surface area contributed by atoms with E-state index in [0.29, 0.717) is 18.7 Å². The first-order valence-electron chi connectivity index (χ1n) is 7.52. The van der Waals surface area contributed by atoms with Crippen molar-refractivity contribution >= 4 is 21.1 Å². The Bertz CT molecular complexity index is 762. The molecule has 0 spiro atoms. The van der Waals surface area contributed by atoms with E-state index in [1.54, 1.807) is 11.2 Å². The summed E-state index contributed by atoms with van der Waals surface area (Å²) >= 11 is 0. The molecule has 1 aromatic carbocycles. The number of nitrogens with one attached hydrogen (secondary N) is 1. The molecule has 0 saturated carbocycles. The van der Waals surface area contributed by atoms with Crippen molar-refractivity contribution in [2.45, 2.75) is 25.7 Å². The van der Waals surface area contributed by atoms with Gasteiger partial charge >= 0.3 is 0 Å². The summed E-state index contributed by atoms with van der Waals surface area (Å²) in [5.41, 5.74) is 2.60. The lowest BCUT2D eigenvalue weighted by atomic mass is 9.99. The van der Waals surface area contributed by atoms with Gasteiger partial charge in [-0.3, -0.25) is 0 Å². The Morgan fingerprint density at radius 3 is 2.95 bits per heavy atom. The molecule has 1 N–H and O–H groups in total. The molecule has 0 bridgehead atoms. The number of nitrogens with zero attached hydrogens (tertiary/aromatic N) is 2. The number of aromatic amines is 1. The number of H-pyrrole nitrogens is 1. The Balaban J connectivity index is 1.82. The average Bonchev–Trinajstić information content (AvgIpc) is 2.90. The van der Waals surface area contributed by atoms with Crippen molar-refractivity contribution in [2.24, 2.45) is 0 Å². The Morgan fingerprint density at radius 2 is 2.23 bits per heavy atom. The highest BCUT2D eigenvalue weighted by Crippen LogP contribution is 2.28. The molecule has 1 unspecified atom stereocenters. The molecule has 0 amide bonds. The molecule has 1 aliphatic rings. The minimum absolute atomic E-state index is 0.0276. The molecule has 1 atom stereocenters. The molecule has 0 radical (unpaired) electrons. The fourth-order valence-electron chi connectivity index (χ4n) is 2.99. The number of imidazole rings is 1. The molecule has 2 heterocycles. The third-order valence-corrected chi connectivity index (χ3v) is 5.98. The number of hydrogen-bond acceptors (Lipinski definition) is 3. The van der Waals surface area contributed by atoms with Gasteiger partial charge in [0.1, 0.15) is 5.82 Å². The van der Waals surface area contributed by atoms with Crippen molar-refractivity contribution in [3.8, 4) is 0 Å². The third kappa shape index (κ3) is 3.08. The third-order valence-electron chi connectivity index (χ3n) is 4.00. The molecular weight excluding hydrogens is 298 g/mol. The Hall–Kier alpha value is -1.66. The lowest BCUT2D eigenvalue weighted by Crippen LogP contribution is -2.40. The van der Waals surface area contributed by atoms with Gasteiger partial charge in [-0.2, -0.15) is 0 Å². The van der Waals surface area contributed by atoms with Gasteiger partial charge in [-0.25, -0.2) is 17.7 Å². The highest BCUT2D eigenvalue weighted by atomic mass is 32.2. The number of sulfonamides is 1. The molecule has 1 aromatic heterocycles. The summed E-state index contributed by atoms with van der Waals surface area (Å²) in [5.74, 6) is 1.04. The van der Waals surface area contributed by atoms with Crippen molar-refractivity contribution in [1.82, 2.24) is 14.3 Å². The molecule has 6 heteroatoms. The van der Waals surface area contributed by atoms with Gasteiger partial charge in [-0.05, 0) is 31.9 Å². The number of aromatic nitrogens is 2. The van der Waals surface area contributed by atoms with Crippen LogP contribution < -0.4 is 0 Å². The van der Waals surface area contributed by atoms with Crippen molar-refractivity contribution in [3.05, 3.63) is 42.2 Å². The van der Waals surface area contributed by atoms with Gasteiger partial charge in [0.25, 0.3) is 0 Å². The second-order valence-electron chi connectivity index (χ2n) is 6.05. The van der Waals surface area contributed by atoms with Crippen molar-refractivity contribution < 1.29 is 8.42 Å². The number of rotatable bonds is 4. The molecule has 1 aliphatic heterocycles. The number of fused-ring (bicyclic) bond motifs is 1. The molecule has 1 fully saturated rings. The molecular formula is C16H21N3O2S. The summed E-state index contributed by atoms with van der Waals surface area (Å²) in [7, 11) is -3.26. The Kier molecular flexibility index (Phi) is 4.06. The summed E-state index contributed by atoms with van der Waals surface area (Å²) < 4.78 is 26.3. The monoisotopic (exact) mass is 319 g/mol. The molecule has 22 heavy (non-hydrogen) atoms. The van der Waals surface area contributed by atoms with Crippen molar-refractivity contribution in [1.29, 1.82) is 0 Å². The van der Waals surface area contributed by atoms with Crippen LogP contribution in [-0.2, 0) is 10.0 Å². The van der Waals surface area contributed by atoms with Gasteiger partial charge in [0.15, 0.2) is 0 Å². The lowest BCUT2D eigenvalue weighted by Gasteiger charge is -2.31. The van der Waals surface area contributed by atoms with E-state index in [4.69, 9.17) is 0 Å². The minimum atomic E-state index is -3.26. The van der Waals surface area contributed by atoms with Gasteiger partial charge in [-0.1, -0.05) is 24.3 Å². The van der Waals surface area contributed by atoms with Gasteiger partial charge in [0.2, 0.25) is 10.0 Å². The molecule has 5 nitrogen and oxygen atoms in total. The largest absolute Gasteiger partial charge is 0.342 e. The molecule has 1 saturated heterocycles. The van der Waals surface area contributed by atoms with Crippen LogP contribution in [0.5, 0.6) is 0 Å². The fourth-order valence-corrected chi connectivity index (χ4v) is 4.61. The van der Waals surface area contributed by atoms with Crippen LogP contribution >= 0.6 is 0 Å². The second kappa shape index (κ2) is 5.85. The predicted molar refractivity (Wildman–Crippen MR) is 88.2 cm³/mol. The second-order valence-corrected chi connectivity index (χ2v) is 8.02. The highest BCUT2D eigenvalue weighted by Gasteiger charge is 2.30. The first kappa shape index (κ1) is 15.2. The maximum atomic E-state index is 12.4. The zero-order valence-electron chi connectivity index (χ0n) is 12.7. The number of para-hydroxylation sites is 2. The maximum Gasteiger partial charge on any atom is 0.217 e. The van der Waals surface area contributed by atoms with Crippen LogP contribution in [0.25, 0.3) is 11.0 Å². The van der Waals surface area contributed by atoms with Gasteiger partial charge in [-0.15, -0.1) is 0 Å². The number of hydrogen-bond donors (Lipinski definition) is 1. The van der Waals surface area contributed by atoms with Crippen LogP contribution in [0.2, 0.25) is 0 Å². The topological polar surface area (TPSA) is 66.1 Å². The van der Waals surface area contributed by atoms with E-state index in [9.17, 15) is 8.42 Å². The predicted octanol–water partition coefficient (Wildman–Crippen LogP) is 2.65. The first-order chi connectivity index (χ1) is 10.5. The smallest absolute Gasteiger partial charge is 0.217 e. The van der Waals surface area contributed by atoms with Crippen LogP contribution in [0, 0.1) is 0 Å². The van der Waals surface area contributed by atoms with Crippen LogP contribution in [0.1, 0.15) is 31.5 Å². The van der Waals surface area contributed by atoms with Crippen molar-refractivity contribution in [2.75, 3.05) is 18.8 Å². The van der Waals surface area contributed by atoms with E-state index in [0.717, 1.165) is 29.7 Å². The summed E-state index contributed by atoms with van der Waals surface area (Å²) in [4.78, 5) is 7.95. The molecule has 3 rings (SSSR count). The maximum absolute atomic E-state index is 12.4. The Labute approximate surface area is 131 Å². The SMILES string of the molecule is C=C(C)CS(=O)(=O)N1CCCC(c2nc3ccccc3[nH]2)C1.